The zero-order valence-corrected chi connectivity index (χ0v) is 19.3. The minimum Gasteiger partial charge on any atom is -0.496 e. The van der Waals surface area contributed by atoms with Gasteiger partial charge < -0.3 is 20.1 Å². The van der Waals surface area contributed by atoms with E-state index in [0.717, 1.165) is 80.9 Å². The smallest absolute Gasteiger partial charge is 0.191 e. The lowest BCUT2D eigenvalue weighted by molar-refractivity contribution is 0.0376. The average molecular weight is 491 g/mol. The Labute approximate surface area is 180 Å². The van der Waals surface area contributed by atoms with Crippen molar-refractivity contribution in [3.05, 3.63) is 23.0 Å². The fraction of sp³-hybridized carbons (Fsp3) is 0.684. The average Bonchev–Trinajstić information content (AvgIpc) is 2.65. The van der Waals surface area contributed by atoms with Crippen LogP contribution in [0.5, 0.6) is 5.75 Å². The van der Waals surface area contributed by atoms with E-state index in [0.29, 0.717) is 6.54 Å². The molecule has 0 aromatic carbocycles. The van der Waals surface area contributed by atoms with E-state index in [1.807, 2.05) is 20.0 Å². The molecule has 1 saturated heterocycles. The molecule has 1 aliphatic heterocycles. The summed E-state index contributed by atoms with van der Waals surface area (Å²) in [7, 11) is 1.70. The monoisotopic (exact) mass is 491 g/mol. The molecule has 8 heteroatoms. The van der Waals surface area contributed by atoms with Gasteiger partial charge in [0.15, 0.2) is 5.96 Å². The lowest BCUT2D eigenvalue weighted by Crippen LogP contribution is -2.40. The molecule has 0 atom stereocenters. The molecule has 0 bridgehead atoms. The van der Waals surface area contributed by atoms with Crippen LogP contribution in [-0.2, 0) is 11.3 Å². The summed E-state index contributed by atoms with van der Waals surface area (Å²) in [5.74, 6) is 1.73. The van der Waals surface area contributed by atoms with E-state index in [9.17, 15) is 0 Å². The summed E-state index contributed by atoms with van der Waals surface area (Å²) >= 11 is 0. The van der Waals surface area contributed by atoms with Gasteiger partial charge in [-0.3, -0.25) is 9.88 Å². The van der Waals surface area contributed by atoms with Gasteiger partial charge in [0.05, 0.1) is 32.6 Å². The second-order valence-corrected chi connectivity index (χ2v) is 6.48. The summed E-state index contributed by atoms with van der Waals surface area (Å²) < 4.78 is 10.9. The van der Waals surface area contributed by atoms with Crippen LogP contribution >= 0.6 is 24.0 Å². The zero-order chi connectivity index (χ0) is 18.8. The Morgan fingerprint density at radius 2 is 2.04 bits per heavy atom. The molecule has 2 rings (SSSR count). The Hall–Kier alpha value is -1.13. The molecule has 1 fully saturated rings. The van der Waals surface area contributed by atoms with Crippen LogP contribution in [0.25, 0.3) is 0 Å². The number of hydrogen-bond donors (Lipinski definition) is 2. The van der Waals surface area contributed by atoms with Gasteiger partial charge in [-0.25, -0.2) is 4.99 Å². The predicted octanol–water partition coefficient (Wildman–Crippen LogP) is 2.10. The number of aromatic nitrogens is 1. The van der Waals surface area contributed by atoms with Crippen LogP contribution in [0, 0.1) is 13.8 Å². The summed E-state index contributed by atoms with van der Waals surface area (Å²) in [4.78, 5) is 11.6. The number of ether oxygens (including phenoxy) is 2. The maximum absolute atomic E-state index is 5.47. The number of pyridine rings is 1. The third-order valence-corrected chi connectivity index (χ3v) is 4.53. The Kier molecular flexibility index (Phi) is 11.6. The molecule has 0 saturated carbocycles. The highest BCUT2D eigenvalue weighted by atomic mass is 127. The molecule has 2 N–H and O–H groups in total. The predicted molar refractivity (Wildman–Crippen MR) is 120 cm³/mol. The molecule has 1 aromatic heterocycles. The van der Waals surface area contributed by atoms with Crippen LogP contribution in [0.3, 0.4) is 0 Å². The molecule has 2 heterocycles. The first-order chi connectivity index (χ1) is 12.7. The van der Waals surface area contributed by atoms with Gasteiger partial charge in [-0.05, 0) is 33.7 Å². The van der Waals surface area contributed by atoms with E-state index in [4.69, 9.17) is 9.47 Å². The molecule has 0 radical (unpaired) electrons. The summed E-state index contributed by atoms with van der Waals surface area (Å²) in [5.41, 5.74) is 3.04. The number of aryl methyl sites for hydroxylation is 1. The second kappa shape index (κ2) is 13.1. The molecular weight excluding hydrogens is 457 g/mol. The van der Waals surface area contributed by atoms with E-state index in [2.05, 4.69) is 32.4 Å². The zero-order valence-electron chi connectivity index (χ0n) is 17.0. The Balaban J connectivity index is 0.00000364. The highest BCUT2D eigenvalue weighted by molar-refractivity contribution is 14.0. The van der Waals surface area contributed by atoms with Crippen molar-refractivity contribution < 1.29 is 9.47 Å². The van der Waals surface area contributed by atoms with Gasteiger partial charge in [-0.15, -0.1) is 24.0 Å². The molecule has 0 aliphatic carbocycles. The standard InChI is InChI=1S/C19H33N5O2.HI/c1-5-20-19(21-7-6-8-24-9-11-26-12-10-24)23-14-17-16(3)18(25-4)15(2)13-22-17;/h13H,5-12,14H2,1-4H3,(H2,20,21,23);1H. The topological polar surface area (TPSA) is 71.0 Å². The highest BCUT2D eigenvalue weighted by Crippen LogP contribution is 2.24. The van der Waals surface area contributed by atoms with Gasteiger partial charge in [0.25, 0.3) is 0 Å². The first-order valence-corrected chi connectivity index (χ1v) is 9.47. The number of halogens is 1. The molecular formula is C19H34IN5O2. The van der Waals surface area contributed by atoms with Crippen LogP contribution < -0.4 is 15.4 Å². The van der Waals surface area contributed by atoms with Crippen molar-refractivity contribution in [2.24, 2.45) is 4.99 Å². The number of nitrogens with one attached hydrogen (secondary N) is 2. The minimum absolute atomic E-state index is 0. The number of aliphatic imine (C=N–C) groups is 1. The van der Waals surface area contributed by atoms with Crippen molar-refractivity contribution in [1.82, 2.24) is 20.5 Å². The van der Waals surface area contributed by atoms with Crippen molar-refractivity contribution in [2.45, 2.75) is 33.7 Å². The number of rotatable bonds is 8. The number of morpholine rings is 1. The van der Waals surface area contributed by atoms with Crippen LogP contribution in [-0.4, -0.2) is 68.9 Å². The van der Waals surface area contributed by atoms with Crippen molar-refractivity contribution in [3.8, 4) is 5.75 Å². The van der Waals surface area contributed by atoms with Crippen molar-refractivity contribution in [1.29, 1.82) is 0 Å². The fourth-order valence-corrected chi connectivity index (χ4v) is 3.06. The van der Waals surface area contributed by atoms with E-state index in [1.54, 1.807) is 7.11 Å². The Bertz CT molecular complexity index is 592. The van der Waals surface area contributed by atoms with Crippen LogP contribution in [0.2, 0.25) is 0 Å². The van der Waals surface area contributed by atoms with Crippen molar-refractivity contribution in [3.63, 3.8) is 0 Å². The quantitative estimate of drug-likeness (QED) is 0.251. The Morgan fingerprint density at radius 1 is 1.30 bits per heavy atom. The van der Waals surface area contributed by atoms with Crippen molar-refractivity contribution in [2.75, 3.05) is 53.0 Å². The molecule has 1 aliphatic rings. The molecule has 1 aromatic rings. The van der Waals surface area contributed by atoms with Crippen LogP contribution in [0.1, 0.15) is 30.2 Å². The molecule has 154 valence electrons. The maximum atomic E-state index is 5.47. The summed E-state index contributed by atoms with van der Waals surface area (Å²) in [6.45, 7) is 13.2. The van der Waals surface area contributed by atoms with E-state index in [1.165, 1.54) is 0 Å². The number of hydrogen-bond acceptors (Lipinski definition) is 5. The second-order valence-electron chi connectivity index (χ2n) is 6.48. The largest absolute Gasteiger partial charge is 0.496 e. The van der Waals surface area contributed by atoms with Gasteiger partial charge in [0.2, 0.25) is 0 Å². The lowest BCUT2D eigenvalue weighted by Gasteiger charge is -2.26. The minimum atomic E-state index is 0. The molecule has 27 heavy (non-hydrogen) atoms. The lowest BCUT2D eigenvalue weighted by atomic mass is 10.1. The molecule has 0 amide bonds. The van der Waals surface area contributed by atoms with E-state index >= 15 is 0 Å². The maximum Gasteiger partial charge on any atom is 0.191 e. The van der Waals surface area contributed by atoms with Gasteiger partial charge in [-0.2, -0.15) is 0 Å². The van der Waals surface area contributed by atoms with Gasteiger partial charge in [0.1, 0.15) is 5.75 Å². The number of guanidine groups is 1. The third kappa shape index (κ3) is 7.79. The van der Waals surface area contributed by atoms with Crippen LogP contribution in [0.4, 0.5) is 0 Å². The van der Waals surface area contributed by atoms with Crippen LogP contribution in [0.15, 0.2) is 11.2 Å². The number of nitrogens with zero attached hydrogens (tertiary/aromatic N) is 3. The molecule has 0 spiro atoms. The van der Waals surface area contributed by atoms with Gasteiger partial charge >= 0.3 is 0 Å². The van der Waals surface area contributed by atoms with Gasteiger partial charge in [0, 0.05) is 43.5 Å². The first kappa shape index (κ1) is 23.9. The van der Waals surface area contributed by atoms with E-state index < -0.39 is 0 Å². The Morgan fingerprint density at radius 3 is 2.70 bits per heavy atom. The fourth-order valence-electron chi connectivity index (χ4n) is 3.06. The summed E-state index contributed by atoms with van der Waals surface area (Å²) in [5, 5.41) is 6.71. The number of methoxy groups -OCH3 is 1. The van der Waals surface area contributed by atoms with E-state index in [-0.39, 0.29) is 24.0 Å². The first-order valence-electron chi connectivity index (χ1n) is 9.47. The SMILES string of the molecule is CCNC(=NCc1ncc(C)c(OC)c1C)NCCCN1CCOCC1.I. The third-order valence-electron chi connectivity index (χ3n) is 4.53. The van der Waals surface area contributed by atoms with Crippen molar-refractivity contribution >= 4 is 29.9 Å². The van der Waals surface area contributed by atoms with Gasteiger partial charge in [-0.1, -0.05) is 0 Å². The normalized spacial score (nSPS) is 15.2. The summed E-state index contributed by atoms with van der Waals surface area (Å²) in [6, 6.07) is 0. The molecule has 0 unspecified atom stereocenters. The highest BCUT2D eigenvalue weighted by Gasteiger charge is 2.10. The summed E-state index contributed by atoms with van der Waals surface area (Å²) in [6.07, 6.45) is 2.93. The molecule has 7 nitrogen and oxygen atoms in total.